The zero-order valence-electron chi connectivity index (χ0n) is 19.1. The molecule has 4 heterocycles. The number of fused-ring (bicyclic) bond motifs is 1. The lowest BCUT2D eigenvalue weighted by Crippen LogP contribution is -2.40. The Morgan fingerprint density at radius 1 is 1.09 bits per heavy atom. The number of likely N-dealkylation sites (tertiary alicyclic amines) is 1. The fraction of sp³-hybridized carbons (Fsp3) is 0.522. The molecule has 2 fully saturated rings. The van der Waals surface area contributed by atoms with Crippen molar-refractivity contribution in [2.45, 2.75) is 25.4 Å². The summed E-state index contributed by atoms with van der Waals surface area (Å²) in [6.07, 6.45) is 7.43. The van der Waals surface area contributed by atoms with E-state index in [1.807, 2.05) is 35.4 Å². The fourth-order valence-corrected chi connectivity index (χ4v) is 4.39. The molecule has 4 N–H and O–H groups in total. The molecule has 4 rings (SSSR count). The highest BCUT2D eigenvalue weighted by atomic mass is 19.4. The van der Waals surface area contributed by atoms with E-state index in [4.69, 9.17) is 9.90 Å². The van der Waals surface area contributed by atoms with Gasteiger partial charge in [0.15, 0.2) is 0 Å². The molecule has 12 heteroatoms. The lowest BCUT2D eigenvalue weighted by Gasteiger charge is -2.33. The van der Waals surface area contributed by atoms with Crippen LogP contribution >= 0.6 is 0 Å². The Morgan fingerprint density at radius 3 is 2.40 bits per heavy atom. The van der Waals surface area contributed by atoms with Gasteiger partial charge in [-0.1, -0.05) is 6.08 Å². The van der Waals surface area contributed by atoms with E-state index in [9.17, 15) is 27.9 Å². The number of allylic oxidation sites excluding steroid dienone is 4. The number of aliphatic carboxylic acids is 2. The van der Waals surface area contributed by atoms with Crippen LogP contribution in [-0.4, -0.2) is 83.3 Å². The normalized spacial score (nSPS) is 22.3. The molecule has 1 unspecified atom stereocenters. The summed E-state index contributed by atoms with van der Waals surface area (Å²) in [5.41, 5.74) is 2.42. The maximum atomic E-state index is 12.4. The minimum Gasteiger partial charge on any atom is -0.478 e. The SMILES string of the molecule is O=C(O)C(F)(F)F.O=C(O)C1=CC(N2CCC(CNC(=O)C3CCNCC3)C2)=C2C=CC=CN2C1. The standard InChI is InChI=1S/C21H28N4O3.C2HF3O2/c26-20(16-4-7-22-8-5-16)23-12-15-6-10-25(13-15)19-11-17(21(27)28)14-24-9-2-1-3-18(19)24;3-2(4,5)1(6)7/h1-3,9,11,15-16,22H,4-8,10,12-14H2,(H,23,26)(H,27,28);(H,6,7). The number of hydrogen-bond donors (Lipinski definition) is 4. The lowest BCUT2D eigenvalue weighted by molar-refractivity contribution is -0.192. The van der Waals surface area contributed by atoms with Crippen molar-refractivity contribution in [1.82, 2.24) is 20.4 Å². The third-order valence-corrected chi connectivity index (χ3v) is 6.27. The molecule has 9 nitrogen and oxygen atoms in total. The van der Waals surface area contributed by atoms with Gasteiger partial charge in [-0.3, -0.25) is 4.79 Å². The van der Waals surface area contributed by atoms with Gasteiger partial charge in [0.1, 0.15) is 0 Å². The van der Waals surface area contributed by atoms with E-state index in [0.717, 1.165) is 56.8 Å². The molecule has 2 saturated heterocycles. The molecule has 0 aromatic heterocycles. The molecule has 35 heavy (non-hydrogen) atoms. The largest absolute Gasteiger partial charge is 0.490 e. The van der Waals surface area contributed by atoms with Crippen LogP contribution in [0.3, 0.4) is 0 Å². The first-order chi connectivity index (χ1) is 16.6. The number of alkyl halides is 3. The maximum absolute atomic E-state index is 12.4. The maximum Gasteiger partial charge on any atom is 0.490 e. The van der Waals surface area contributed by atoms with Gasteiger partial charge in [-0.2, -0.15) is 13.2 Å². The van der Waals surface area contributed by atoms with E-state index in [-0.39, 0.29) is 11.8 Å². The second-order valence-electron chi connectivity index (χ2n) is 8.75. The van der Waals surface area contributed by atoms with Gasteiger partial charge in [0.2, 0.25) is 5.91 Å². The molecule has 0 radical (unpaired) electrons. The molecule has 0 saturated carbocycles. The third kappa shape index (κ3) is 7.10. The number of rotatable bonds is 5. The van der Waals surface area contributed by atoms with E-state index >= 15 is 0 Å². The second kappa shape index (κ2) is 11.4. The minimum atomic E-state index is -5.08. The van der Waals surface area contributed by atoms with E-state index in [2.05, 4.69) is 15.5 Å². The highest BCUT2D eigenvalue weighted by Crippen LogP contribution is 2.31. The van der Waals surface area contributed by atoms with Crippen LogP contribution in [0.25, 0.3) is 0 Å². The average Bonchev–Trinajstić information content (AvgIpc) is 3.31. The molecular weight excluding hydrogens is 469 g/mol. The van der Waals surface area contributed by atoms with E-state index < -0.39 is 18.1 Å². The summed E-state index contributed by atoms with van der Waals surface area (Å²) in [6.45, 7) is 4.63. The summed E-state index contributed by atoms with van der Waals surface area (Å²) >= 11 is 0. The van der Waals surface area contributed by atoms with E-state index in [0.29, 0.717) is 24.6 Å². The van der Waals surface area contributed by atoms with Gasteiger partial charge < -0.3 is 30.6 Å². The number of nitrogens with zero attached hydrogens (tertiary/aromatic N) is 2. The molecule has 1 atom stereocenters. The summed E-state index contributed by atoms with van der Waals surface area (Å²) in [4.78, 5) is 37.1. The van der Waals surface area contributed by atoms with Gasteiger partial charge >= 0.3 is 18.1 Å². The number of carboxylic acid groups (broad SMARTS) is 2. The molecule has 0 spiro atoms. The number of amides is 1. The van der Waals surface area contributed by atoms with Crippen LogP contribution in [0.1, 0.15) is 19.3 Å². The quantitative estimate of drug-likeness (QED) is 0.452. The van der Waals surface area contributed by atoms with Crippen LogP contribution in [0.4, 0.5) is 13.2 Å². The number of halogens is 3. The Bertz CT molecular complexity index is 951. The van der Waals surface area contributed by atoms with Gasteiger partial charge in [-0.25, -0.2) is 9.59 Å². The number of carbonyl (C=O) groups is 3. The van der Waals surface area contributed by atoms with Crippen molar-refractivity contribution in [3.8, 4) is 0 Å². The Kier molecular flexibility index (Phi) is 8.60. The topological polar surface area (TPSA) is 122 Å². The first-order valence-corrected chi connectivity index (χ1v) is 11.4. The van der Waals surface area contributed by atoms with Crippen LogP contribution < -0.4 is 10.6 Å². The van der Waals surface area contributed by atoms with Gasteiger partial charge in [0.05, 0.1) is 23.5 Å². The van der Waals surface area contributed by atoms with Gasteiger partial charge in [0, 0.05) is 31.8 Å². The summed E-state index contributed by atoms with van der Waals surface area (Å²) < 4.78 is 31.7. The van der Waals surface area contributed by atoms with Crippen LogP contribution in [0.5, 0.6) is 0 Å². The smallest absolute Gasteiger partial charge is 0.478 e. The van der Waals surface area contributed by atoms with E-state index in [1.165, 1.54) is 0 Å². The lowest BCUT2D eigenvalue weighted by atomic mass is 9.97. The molecule has 192 valence electrons. The minimum absolute atomic E-state index is 0.135. The fourth-order valence-electron chi connectivity index (χ4n) is 4.39. The average molecular weight is 499 g/mol. The Hall–Kier alpha value is -3.28. The van der Waals surface area contributed by atoms with Crippen molar-refractivity contribution in [1.29, 1.82) is 0 Å². The van der Waals surface area contributed by atoms with Gasteiger partial charge in [-0.15, -0.1) is 0 Å². The summed E-state index contributed by atoms with van der Waals surface area (Å²) in [5, 5.41) is 23.0. The Labute approximate surface area is 200 Å². The predicted molar refractivity (Wildman–Crippen MR) is 120 cm³/mol. The molecule has 0 aliphatic carbocycles. The zero-order chi connectivity index (χ0) is 25.6. The number of nitrogens with one attached hydrogen (secondary N) is 2. The van der Waals surface area contributed by atoms with Crippen molar-refractivity contribution in [2.75, 3.05) is 39.3 Å². The van der Waals surface area contributed by atoms with Crippen molar-refractivity contribution in [3.63, 3.8) is 0 Å². The van der Waals surface area contributed by atoms with Crippen molar-refractivity contribution >= 4 is 17.8 Å². The number of carboxylic acids is 2. The van der Waals surface area contributed by atoms with Gasteiger partial charge in [-0.05, 0) is 56.5 Å². The van der Waals surface area contributed by atoms with Gasteiger partial charge in [0.25, 0.3) is 0 Å². The van der Waals surface area contributed by atoms with Crippen LogP contribution in [0, 0.1) is 11.8 Å². The highest BCUT2D eigenvalue weighted by Gasteiger charge is 2.38. The Balaban J connectivity index is 0.000000429. The molecule has 0 aromatic rings. The second-order valence-corrected chi connectivity index (χ2v) is 8.75. The number of hydrogen-bond acceptors (Lipinski definition) is 6. The summed E-state index contributed by atoms with van der Waals surface area (Å²) in [7, 11) is 0. The molecule has 0 aromatic carbocycles. The number of carbonyl (C=O) groups excluding carboxylic acids is 1. The zero-order valence-corrected chi connectivity index (χ0v) is 19.1. The van der Waals surface area contributed by atoms with Crippen LogP contribution in [0.2, 0.25) is 0 Å². The monoisotopic (exact) mass is 498 g/mol. The first-order valence-electron chi connectivity index (χ1n) is 11.4. The number of piperidine rings is 1. The molecule has 0 bridgehead atoms. The third-order valence-electron chi connectivity index (χ3n) is 6.27. The predicted octanol–water partition coefficient (Wildman–Crippen LogP) is 1.68. The molecular formula is C23H29F3N4O5. The Morgan fingerprint density at radius 2 is 1.77 bits per heavy atom. The van der Waals surface area contributed by atoms with E-state index in [1.54, 1.807) is 0 Å². The molecule has 4 aliphatic rings. The highest BCUT2D eigenvalue weighted by molar-refractivity contribution is 5.88. The molecule has 1 amide bonds. The van der Waals surface area contributed by atoms with Crippen LogP contribution in [-0.2, 0) is 14.4 Å². The molecule has 4 aliphatic heterocycles. The van der Waals surface area contributed by atoms with Crippen LogP contribution in [0.15, 0.2) is 47.5 Å². The van der Waals surface area contributed by atoms with Crippen molar-refractivity contribution in [3.05, 3.63) is 47.5 Å². The summed E-state index contributed by atoms with van der Waals surface area (Å²) in [6, 6.07) is 0. The summed E-state index contributed by atoms with van der Waals surface area (Å²) in [5.74, 6) is -2.93. The van der Waals surface area contributed by atoms with Crippen molar-refractivity contribution in [2.24, 2.45) is 11.8 Å². The van der Waals surface area contributed by atoms with Crippen molar-refractivity contribution < 1.29 is 37.8 Å². The first kappa shape index (κ1) is 26.3.